The van der Waals surface area contributed by atoms with Crippen molar-refractivity contribution in [2.45, 2.75) is 32.2 Å². The molecule has 0 bridgehead atoms. The molecule has 0 amide bonds. The van der Waals surface area contributed by atoms with E-state index in [4.69, 9.17) is 0 Å². The van der Waals surface area contributed by atoms with Gasteiger partial charge in [0.25, 0.3) is 0 Å². The van der Waals surface area contributed by atoms with Crippen molar-refractivity contribution in [3.05, 3.63) is 0 Å². The summed E-state index contributed by atoms with van der Waals surface area (Å²) in [7, 11) is 0. The molecule has 0 aromatic heterocycles. The summed E-state index contributed by atoms with van der Waals surface area (Å²) in [5.74, 6) is 0. The molecule has 1 aliphatic carbocycles. The van der Waals surface area contributed by atoms with Gasteiger partial charge in [-0.1, -0.05) is 0 Å². The van der Waals surface area contributed by atoms with E-state index in [1.807, 2.05) is 0 Å². The van der Waals surface area contributed by atoms with Gasteiger partial charge in [-0.05, 0) is 31.6 Å². The summed E-state index contributed by atoms with van der Waals surface area (Å²) in [6.07, 6.45) is 4.42. The standard InChI is InChI=1S/C7H13N/c1-6-4-7(2-3-7)5-8-6/h6,8H,2-5H2,1H3/t6-/m1/s1. The minimum atomic E-state index is 0.803. The lowest BCUT2D eigenvalue weighted by molar-refractivity contribution is 0.557. The van der Waals surface area contributed by atoms with Gasteiger partial charge in [-0.3, -0.25) is 0 Å². The molecule has 1 nitrogen and oxygen atoms in total. The first-order valence-electron chi connectivity index (χ1n) is 3.54. The summed E-state index contributed by atoms with van der Waals surface area (Å²) >= 11 is 0. The lowest BCUT2D eigenvalue weighted by atomic mass is 10.0. The lowest BCUT2D eigenvalue weighted by Crippen LogP contribution is -2.16. The van der Waals surface area contributed by atoms with E-state index in [0.29, 0.717) is 0 Å². The van der Waals surface area contributed by atoms with Crippen LogP contribution < -0.4 is 5.32 Å². The molecule has 2 rings (SSSR count). The third kappa shape index (κ3) is 0.576. The third-order valence-electron chi connectivity index (χ3n) is 2.52. The maximum atomic E-state index is 3.47. The smallest absolute Gasteiger partial charge is 0.00447 e. The Morgan fingerprint density at radius 2 is 2.25 bits per heavy atom. The van der Waals surface area contributed by atoms with E-state index < -0.39 is 0 Å². The van der Waals surface area contributed by atoms with E-state index in [2.05, 4.69) is 12.2 Å². The van der Waals surface area contributed by atoms with Gasteiger partial charge in [0.05, 0.1) is 0 Å². The highest BCUT2D eigenvalue weighted by Gasteiger charge is 2.46. The average molecular weight is 111 g/mol. The molecule has 1 heteroatoms. The van der Waals surface area contributed by atoms with Crippen LogP contribution in [-0.2, 0) is 0 Å². The zero-order chi connectivity index (χ0) is 5.61. The van der Waals surface area contributed by atoms with Gasteiger partial charge in [-0.15, -0.1) is 0 Å². The summed E-state index contributed by atoms with van der Waals surface area (Å²) < 4.78 is 0. The van der Waals surface area contributed by atoms with E-state index in [1.54, 1.807) is 0 Å². The van der Waals surface area contributed by atoms with Crippen LogP contribution in [0.3, 0.4) is 0 Å². The van der Waals surface area contributed by atoms with E-state index in [-0.39, 0.29) is 0 Å². The molecule has 1 heterocycles. The molecule has 1 spiro atoms. The molecule has 0 aromatic carbocycles. The fourth-order valence-electron chi connectivity index (χ4n) is 1.74. The summed E-state index contributed by atoms with van der Waals surface area (Å²) in [6, 6.07) is 0.803. The van der Waals surface area contributed by atoms with Crippen LogP contribution in [0.4, 0.5) is 0 Å². The zero-order valence-corrected chi connectivity index (χ0v) is 5.41. The van der Waals surface area contributed by atoms with Gasteiger partial charge in [0.15, 0.2) is 0 Å². The van der Waals surface area contributed by atoms with Crippen molar-refractivity contribution in [3.63, 3.8) is 0 Å². The van der Waals surface area contributed by atoms with Crippen molar-refractivity contribution < 1.29 is 0 Å². The number of rotatable bonds is 0. The first kappa shape index (κ1) is 4.80. The highest BCUT2D eigenvalue weighted by molar-refractivity contribution is 5.01. The van der Waals surface area contributed by atoms with Crippen LogP contribution in [0.1, 0.15) is 26.2 Å². The molecule has 1 N–H and O–H groups in total. The zero-order valence-electron chi connectivity index (χ0n) is 5.41. The summed E-state index contributed by atoms with van der Waals surface area (Å²) in [4.78, 5) is 0. The van der Waals surface area contributed by atoms with Gasteiger partial charge < -0.3 is 5.32 Å². The fraction of sp³-hybridized carbons (Fsp3) is 1.00. The second kappa shape index (κ2) is 1.27. The first-order valence-corrected chi connectivity index (χ1v) is 3.54. The van der Waals surface area contributed by atoms with E-state index in [9.17, 15) is 0 Å². The molecular weight excluding hydrogens is 98.1 g/mol. The maximum Gasteiger partial charge on any atom is 0.00447 e. The van der Waals surface area contributed by atoms with Crippen molar-refractivity contribution in [2.75, 3.05) is 6.54 Å². The maximum absolute atomic E-state index is 3.47. The van der Waals surface area contributed by atoms with Crippen molar-refractivity contribution in [3.8, 4) is 0 Å². The molecule has 1 atom stereocenters. The molecule has 2 aliphatic rings. The van der Waals surface area contributed by atoms with Gasteiger partial charge in [0, 0.05) is 12.6 Å². The van der Waals surface area contributed by atoms with Crippen LogP contribution in [0.15, 0.2) is 0 Å². The van der Waals surface area contributed by atoms with Crippen LogP contribution in [0.2, 0.25) is 0 Å². The van der Waals surface area contributed by atoms with Gasteiger partial charge >= 0.3 is 0 Å². The Hall–Kier alpha value is -0.0400. The van der Waals surface area contributed by atoms with Crippen LogP contribution in [0.25, 0.3) is 0 Å². The second-order valence-electron chi connectivity index (χ2n) is 3.49. The summed E-state index contributed by atoms with van der Waals surface area (Å²) in [6.45, 7) is 3.58. The van der Waals surface area contributed by atoms with Crippen LogP contribution >= 0.6 is 0 Å². The third-order valence-corrected chi connectivity index (χ3v) is 2.52. The van der Waals surface area contributed by atoms with Crippen molar-refractivity contribution in [1.29, 1.82) is 0 Å². The molecule has 2 fully saturated rings. The highest BCUT2D eigenvalue weighted by Crippen LogP contribution is 2.51. The molecule has 0 aromatic rings. The minimum Gasteiger partial charge on any atom is -0.314 e. The van der Waals surface area contributed by atoms with Gasteiger partial charge in [0.2, 0.25) is 0 Å². The predicted molar refractivity (Wildman–Crippen MR) is 33.7 cm³/mol. The van der Waals surface area contributed by atoms with Crippen LogP contribution in [0, 0.1) is 5.41 Å². The Kier molecular flexibility index (Phi) is 0.762. The van der Waals surface area contributed by atoms with Crippen LogP contribution in [-0.4, -0.2) is 12.6 Å². The number of nitrogens with one attached hydrogen (secondary N) is 1. The van der Waals surface area contributed by atoms with E-state index in [1.165, 1.54) is 25.8 Å². The Morgan fingerprint density at radius 1 is 1.50 bits per heavy atom. The molecule has 0 unspecified atom stereocenters. The Labute approximate surface area is 50.5 Å². The van der Waals surface area contributed by atoms with Crippen molar-refractivity contribution in [2.24, 2.45) is 5.41 Å². The molecule has 1 saturated carbocycles. The molecule has 1 aliphatic heterocycles. The van der Waals surface area contributed by atoms with Gasteiger partial charge in [-0.25, -0.2) is 0 Å². The lowest BCUT2D eigenvalue weighted by Gasteiger charge is -1.99. The summed E-state index contributed by atoms with van der Waals surface area (Å²) in [5, 5.41) is 3.47. The molecule has 0 radical (unpaired) electrons. The van der Waals surface area contributed by atoms with Gasteiger partial charge in [-0.2, -0.15) is 0 Å². The number of hydrogen-bond donors (Lipinski definition) is 1. The number of hydrogen-bond acceptors (Lipinski definition) is 1. The Morgan fingerprint density at radius 3 is 2.50 bits per heavy atom. The van der Waals surface area contributed by atoms with Crippen LogP contribution in [0.5, 0.6) is 0 Å². The molecular formula is C7H13N. The topological polar surface area (TPSA) is 12.0 Å². The Bertz CT molecular complexity index is 105. The monoisotopic (exact) mass is 111 g/mol. The minimum absolute atomic E-state index is 0.803. The second-order valence-corrected chi connectivity index (χ2v) is 3.49. The quantitative estimate of drug-likeness (QED) is 0.494. The van der Waals surface area contributed by atoms with Crippen molar-refractivity contribution in [1.82, 2.24) is 5.32 Å². The predicted octanol–water partition coefficient (Wildman–Crippen LogP) is 1.15. The molecule has 1 saturated heterocycles. The molecule has 46 valence electrons. The SMILES string of the molecule is C[C@@H]1CC2(CC2)CN1. The van der Waals surface area contributed by atoms with E-state index in [0.717, 1.165) is 11.5 Å². The average Bonchev–Trinajstić information content (AvgIpc) is 2.34. The van der Waals surface area contributed by atoms with Gasteiger partial charge in [0.1, 0.15) is 0 Å². The largest absolute Gasteiger partial charge is 0.314 e. The first-order chi connectivity index (χ1) is 3.81. The van der Waals surface area contributed by atoms with Crippen molar-refractivity contribution >= 4 is 0 Å². The fourth-order valence-corrected chi connectivity index (χ4v) is 1.74. The van der Waals surface area contributed by atoms with E-state index >= 15 is 0 Å². The Balaban J connectivity index is 2.03. The summed E-state index contributed by atoms with van der Waals surface area (Å²) in [5.41, 5.74) is 0.805. The molecule has 8 heavy (non-hydrogen) atoms. The normalized spacial score (nSPS) is 40.9. The highest BCUT2D eigenvalue weighted by atomic mass is 15.0.